The van der Waals surface area contributed by atoms with Gasteiger partial charge in [-0.2, -0.15) is 0 Å². The zero-order valence-corrected chi connectivity index (χ0v) is 11.3. The van der Waals surface area contributed by atoms with Crippen LogP contribution in [0.4, 0.5) is 11.4 Å². The first-order valence-corrected chi connectivity index (χ1v) is 6.40. The van der Waals surface area contributed by atoms with E-state index in [2.05, 4.69) is 5.32 Å². The molecule has 104 valence electrons. The Kier molecular flexibility index (Phi) is 3.66. The predicted octanol–water partition coefficient (Wildman–Crippen LogP) is 1.83. The maximum Gasteiger partial charge on any atom is 0.313 e. The number of carbonyl (C=O) groups is 1. The monoisotopic (exact) mass is 264 g/mol. The number of rotatable bonds is 5. The summed E-state index contributed by atoms with van der Waals surface area (Å²) < 4.78 is 5.33. The quantitative estimate of drug-likeness (QED) is 0.706. The Labute approximate surface area is 112 Å². The molecule has 4 N–H and O–H groups in total. The zero-order chi connectivity index (χ0) is 14.0. The third-order valence-corrected chi connectivity index (χ3v) is 3.62. The lowest BCUT2D eigenvalue weighted by Crippen LogP contribution is -2.33. The highest BCUT2D eigenvalue weighted by Crippen LogP contribution is 2.29. The summed E-state index contributed by atoms with van der Waals surface area (Å²) in [6, 6.07) is 5.31. The van der Waals surface area contributed by atoms with E-state index in [0.717, 1.165) is 24.3 Å². The number of nitrogens with two attached hydrogens (primary N) is 1. The molecule has 1 aliphatic rings. The van der Waals surface area contributed by atoms with Gasteiger partial charge in [0.25, 0.3) is 0 Å². The predicted molar refractivity (Wildman–Crippen MR) is 74.4 cm³/mol. The molecule has 0 aliphatic carbocycles. The molecular weight excluding hydrogens is 244 g/mol. The first-order chi connectivity index (χ1) is 8.91. The molecule has 0 spiro atoms. The van der Waals surface area contributed by atoms with Crippen LogP contribution in [-0.2, 0) is 14.9 Å². The van der Waals surface area contributed by atoms with Crippen molar-refractivity contribution in [3.63, 3.8) is 0 Å². The third-order valence-electron chi connectivity index (χ3n) is 3.62. The van der Waals surface area contributed by atoms with Gasteiger partial charge in [0, 0.05) is 13.2 Å². The number of carboxylic acids is 1. The molecule has 1 aromatic rings. The minimum atomic E-state index is -0.933. The van der Waals surface area contributed by atoms with Crippen molar-refractivity contribution in [2.45, 2.75) is 31.8 Å². The number of nitrogens with one attached hydrogen (secondary N) is 1. The number of anilines is 2. The van der Waals surface area contributed by atoms with Crippen molar-refractivity contribution in [3.8, 4) is 0 Å². The van der Waals surface area contributed by atoms with Crippen LogP contribution in [0.2, 0.25) is 0 Å². The van der Waals surface area contributed by atoms with Gasteiger partial charge in [-0.25, -0.2) is 0 Å². The van der Waals surface area contributed by atoms with Crippen LogP contribution in [0, 0.1) is 0 Å². The van der Waals surface area contributed by atoms with E-state index >= 15 is 0 Å². The van der Waals surface area contributed by atoms with Gasteiger partial charge < -0.3 is 20.9 Å². The van der Waals surface area contributed by atoms with Gasteiger partial charge >= 0.3 is 5.97 Å². The van der Waals surface area contributed by atoms with Crippen LogP contribution in [0.1, 0.15) is 25.8 Å². The molecule has 0 amide bonds. The van der Waals surface area contributed by atoms with Crippen LogP contribution in [0.15, 0.2) is 18.2 Å². The molecule has 0 aromatic heterocycles. The zero-order valence-electron chi connectivity index (χ0n) is 11.3. The molecule has 1 heterocycles. The van der Waals surface area contributed by atoms with Crippen molar-refractivity contribution in [3.05, 3.63) is 23.8 Å². The van der Waals surface area contributed by atoms with Crippen molar-refractivity contribution < 1.29 is 14.6 Å². The number of nitrogen functional groups attached to an aromatic ring is 1. The third kappa shape index (κ3) is 2.81. The lowest BCUT2D eigenvalue weighted by Gasteiger charge is -2.27. The summed E-state index contributed by atoms with van der Waals surface area (Å²) in [5.41, 5.74) is 7.08. The van der Waals surface area contributed by atoms with Crippen molar-refractivity contribution in [2.24, 2.45) is 0 Å². The van der Waals surface area contributed by atoms with Crippen molar-refractivity contribution in [2.75, 3.05) is 24.2 Å². The molecule has 0 bridgehead atoms. The maximum atomic E-state index is 11.3. The number of carboxylic acid groups (broad SMARTS) is 1. The first-order valence-electron chi connectivity index (χ1n) is 6.40. The van der Waals surface area contributed by atoms with E-state index in [0.29, 0.717) is 12.2 Å². The van der Waals surface area contributed by atoms with Crippen molar-refractivity contribution in [1.82, 2.24) is 0 Å². The fraction of sp³-hybridized carbons (Fsp3) is 0.500. The Morgan fingerprint density at radius 2 is 2.26 bits per heavy atom. The molecule has 2 rings (SSSR count). The number of benzene rings is 1. The number of ether oxygens (including phenoxy) is 1. The summed E-state index contributed by atoms with van der Waals surface area (Å²) in [5.74, 6) is -0.856. The summed E-state index contributed by atoms with van der Waals surface area (Å²) in [4.78, 5) is 11.3. The topological polar surface area (TPSA) is 84.6 Å². The van der Waals surface area contributed by atoms with E-state index in [9.17, 15) is 9.90 Å². The van der Waals surface area contributed by atoms with E-state index in [1.807, 2.05) is 6.07 Å². The lowest BCUT2D eigenvalue weighted by atomic mass is 9.84. The molecule has 1 fully saturated rings. The van der Waals surface area contributed by atoms with E-state index in [-0.39, 0.29) is 6.10 Å². The van der Waals surface area contributed by atoms with E-state index in [1.165, 1.54) is 0 Å². The Morgan fingerprint density at radius 3 is 2.79 bits per heavy atom. The Bertz CT molecular complexity index is 482. The molecule has 1 aromatic carbocycles. The normalized spacial score (nSPS) is 18.7. The SMILES string of the molecule is CC(C)(C(=O)O)c1ccc(N)c(NCC2CCO2)c1. The van der Waals surface area contributed by atoms with Crippen LogP contribution >= 0.6 is 0 Å². The Balaban J connectivity index is 2.16. The summed E-state index contributed by atoms with van der Waals surface area (Å²) in [6.45, 7) is 4.87. The van der Waals surface area contributed by atoms with Gasteiger partial charge in [-0.05, 0) is 38.0 Å². The van der Waals surface area contributed by atoms with E-state index in [4.69, 9.17) is 10.5 Å². The molecule has 19 heavy (non-hydrogen) atoms. The van der Waals surface area contributed by atoms with Gasteiger partial charge in [-0.3, -0.25) is 4.79 Å². The minimum absolute atomic E-state index is 0.232. The van der Waals surface area contributed by atoms with Crippen molar-refractivity contribution >= 4 is 17.3 Å². The summed E-state index contributed by atoms with van der Waals surface area (Å²) in [7, 11) is 0. The second-order valence-corrected chi connectivity index (χ2v) is 5.39. The molecule has 1 saturated heterocycles. The van der Waals surface area contributed by atoms with Crippen LogP contribution in [0.5, 0.6) is 0 Å². The number of aliphatic carboxylic acids is 1. The van der Waals surface area contributed by atoms with Gasteiger partial charge in [-0.15, -0.1) is 0 Å². The first kappa shape index (κ1) is 13.7. The number of hydrogen-bond donors (Lipinski definition) is 3. The minimum Gasteiger partial charge on any atom is -0.481 e. The highest BCUT2D eigenvalue weighted by Gasteiger charge is 2.30. The van der Waals surface area contributed by atoms with Crippen molar-refractivity contribution in [1.29, 1.82) is 0 Å². The molecule has 0 saturated carbocycles. The molecule has 1 unspecified atom stereocenters. The highest BCUT2D eigenvalue weighted by molar-refractivity contribution is 5.81. The highest BCUT2D eigenvalue weighted by atomic mass is 16.5. The summed E-state index contributed by atoms with van der Waals surface area (Å²) in [6.07, 6.45) is 1.28. The molecule has 0 radical (unpaired) electrons. The average Bonchev–Trinajstić information content (AvgIpc) is 2.28. The van der Waals surface area contributed by atoms with Crippen LogP contribution < -0.4 is 11.1 Å². The molecular formula is C14H20N2O3. The average molecular weight is 264 g/mol. The summed E-state index contributed by atoms with van der Waals surface area (Å²) in [5, 5.41) is 12.5. The second-order valence-electron chi connectivity index (χ2n) is 5.39. The maximum absolute atomic E-state index is 11.3. The van der Waals surface area contributed by atoms with E-state index in [1.54, 1.807) is 26.0 Å². The van der Waals surface area contributed by atoms with Crippen LogP contribution in [0.3, 0.4) is 0 Å². The molecule has 1 atom stereocenters. The van der Waals surface area contributed by atoms with Crippen LogP contribution in [0.25, 0.3) is 0 Å². The van der Waals surface area contributed by atoms with Gasteiger partial charge in [0.2, 0.25) is 0 Å². The number of hydrogen-bond acceptors (Lipinski definition) is 4. The smallest absolute Gasteiger partial charge is 0.313 e. The lowest BCUT2D eigenvalue weighted by molar-refractivity contribution is -0.142. The van der Waals surface area contributed by atoms with Gasteiger partial charge in [0.05, 0.1) is 22.9 Å². The van der Waals surface area contributed by atoms with Gasteiger partial charge in [-0.1, -0.05) is 6.07 Å². The van der Waals surface area contributed by atoms with Gasteiger partial charge in [0.15, 0.2) is 0 Å². The Morgan fingerprint density at radius 1 is 1.58 bits per heavy atom. The largest absolute Gasteiger partial charge is 0.481 e. The summed E-state index contributed by atoms with van der Waals surface area (Å²) >= 11 is 0. The second kappa shape index (κ2) is 5.09. The van der Waals surface area contributed by atoms with Gasteiger partial charge in [0.1, 0.15) is 0 Å². The fourth-order valence-corrected chi connectivity index (χ4v) is 1.89. The molecule has 5 heteroatoms. The Hall–Kier alpha value is -1.75. The van der Waals surface area contributed by atoms with Crippen LogP contribution in [-0.4, -0.2) is 30.3 Å². The van der Waals surface area contributed by atoms with E-state index < -0.39 is 11.4 Å². The fourth-order valence-electron chi connectivity index (χ4n) is 1.89. The molecule has 5 nitrogen and oxygen atoms in total. The molecule has 1 aliphatic heterocycles. The standard InChI is InChI=1S/C14H20N2O3/c1-14(2,13(17)18)9-3-4-11(15)12(7-9)16-8-10-5-6-19-10/h3-4,7,10,16H,5-6,8,15H2,1-2H3,(H,17,18).